The standard InChI is InChI=1S/C10H13N3OS/c1-6-8(12-13(2)10(6)11)9-7(14-3)4-5-15-9/h4-5H,11H2,1-3H3. The van der Waals surface area contributed by atoms with Gasteiger partial charge in [-0.15, -0.1) is 11.3 Å². The molecule has 0 amide bonds. The Labute approximate surface area is 92.3 Å². The summed E-state index contributed by atoms with van der Waals surface area (Å²) in [6.45, 7) is 1.97. The van der Waals surface area contributed by atoms with Gasteiger partial charge in [0.2, 0.25) is 0 Å². The van der Waals surface area contributed by atoms with Crippen LogP contribution in [0.2, 0.25) is 0 Å². The summed E-state index contributed by atoms with van der Waals surface area (Å²) in [4.78, 5) is 1.03. The van der Waals surface area contributed by atoms with Crippen LogP contribution in [0.5, 0.6) is 5.75 Å². The van der Waals surface area contributed by atoms with Crippen molar-refractivity contribution in [1.82, 2.24) is 9.78 Å². The van der Waals surface area contributed by atoms with Crippen LogP contribution in [0, 0.1) is 6.92 Å². The minimum Gasteiger partial charge on any atom is -0.495 e. The van der Waals surface area contributed by atoms with Gasteiger partial charge in [-0.1, -0.05) is 0 Å². The number of nitrogens with two attached hydrogens (primary N) is 1. The quantitative estimate of drug-likeness (QED) is 0.847. The zero-order valence-corrected chi connectivity index (χ0v) is 9.76. The molecule has 4 nitrogen and oxygen atoms in total. The summed E-state index contributed by atoms with van der Waals surface area (Å²) in [6, 6.07) is 1.93. The van der Waals surface area contributed by atoms with Crippen molar-refractivity contribution in [3.05, 3.63) is 17.0 Å². The molecule has 0 unspecified atom stereocenters. The molecule has 0 saturated carbocycles. The molecule has 0 aliphatic heterocycles. The maximum Gasteiger partial charge on any atom is 0.139 e. The molecule has 5 heteroatoms. The first-order valence-corrected chi connectivity index (χ1v) is 5.44. The molecule has 2 rings (SSSR count). The molecule has 80 valence electrons. The Bertz CT molecular complexity index is 487. The number of ether oxygens (including phenoxy) is 1. The van der Waals surface area contributed by atoms with Crippen LogP contribution in [0.25, 0.3) is 10.6 Å². The zero-order valence-electron chi connectivity index (χ0n) is 8.94. The van der Waals surface area contributed by atoms with Gasteiger partial charge in [-0.25, -0.2) is 0 Å². The van der Waals surface area contributed by atoms with Crippen LogP contribution in [-0.2, 0) is 7.05 Å². The number of anilines is 1. The molecule has 0 aliphatic rings. The first-order chi connectivity index (χ1) is 7.15. The highest BCUT2D eigenvalue weighted by Gasteiger charge is 2.16. The Morgan fingerprint density at radius 1 is 1.53 bits per heavy atom. The predicted octanol–water partition coefficient (Wildman–Crippen LogP) is 2.05. The third-order valence-corrected chi connectivity index (χ3v) is 3.30. The van der Waals surface area contributed by atoms with E-state index in [1.807, 2.05) is 25.4 Å². The van der Waals surface area contributed by atoms with Gasteiger partial charge in [-0.3, -0.25) is 4.68 Å². The van der Waals surface area contributed by atoms with Gasteiger partial charge >= 0.3 is 0 Å². The SMILES string of the molecule is COc1ccsc1-c1nn(C)c(N)c1C. The Morgan fingerprint density at radius 3 is 2.80 bits per heavy atom. The third kappa shape index (κ3) is 1.48. The summed E-state index contributed by atoms with van der Waals surface area (Å²) in [5.74, 6) is 1.54. The van der Waals surface area contributed by atoms with Gasteiger partial charge in [0.05, 0.1) is 12.0 Å². The van der Waals surface area contributed by atoms with Crippen molar-refractivity contribution in [2.24, 2.45) is 7.05 Å². The van der Waals surface area contributed by atoms with Crippen molar-refractivity contribution in [2.75, 3.05) is 12.8 Å². The zero-order chi connectivity index (χ0) is 11.0. The maximum atomic E-state index is 5.86. The van der Waals surface area contributed by atoms with Crippen LogP contribution in [0.4, 0.5) is 5.82 Å². The molecule has 0 spiro atoms. The van der Waals surface area contributed by atoms with Crippen molar-refractivity contribution >= 4 is 17.2 Å². The molecule has 15 heavy (non-hydrogen) atoms. The van der Waals surface area contributed by atoms with E-state index in [0.717, 1.165) is 21.9 Å². The summed E-state index contributed by atoms with van der Waals surface area (Å²) in [5.41, 5.74) is 7.77. The molecule has 2 aromatic rings. The van der Waals surface area contributed by atoms with E-state index in [9.17, 15) is 0 Å². The summed E-state index contributed by atoms with van der Waals surface area (Å²) in [7, 11) is 3.50. The van der Waals surface area contributed by atoms with Crippen LogP contribution < -0.4 is 10.5 Å². The highest BCUT2D eigenvalue weighted by molar-refractivity contribution is 7.14. The van der Waals surface area contributed by atoms with E-state index in [1.54, 1.807) is 23.1 Å². The van der Waals surface area contributed by atoms with Gasteiger partial charge < -0.3 is 10.5 Å². The first kappa shape index (κ1) is 10.0. The molecule has 0 radical (unpaired) electrons. The molecule has 2 N–H and O–H groups in total. The lowest BCUT2D eigenvalue weighted by molar-refractivity contribution is 0.418. The molecule has 0 aromatic carbocycles. The van der Waals surface area contributed by atoms with Crippen molar-refractivity contribution in [3.63, 3.8) is 0 Å². The van der Waals surface area contributed by atoms with E-state index in [0.29, 0.717) is 5.82 Å². The second-order valence-electron chi connectivity index (χ2n) is 3.30. The molecule has 0 bridgehead atoms. The van der Waals surface area contributed by atoms with Gasteiger partial charge in [0, 0.05) is 12.6 Å². The Kier molecular flexibility index (Phi) is 2.40. The first-order valence-electron chi connectivity index (χ1n) is 4.56. The average Bonchev–Trinajstić information content (AvgIpc) is 2.78. The number of hydrogen-bond donors (Lipinski definition) is 1. The molecule has 2 heterocycles. The second-order valence-corrected chi connectivity index (χ2v) is 4.22. The number of hydrogen-bond acceptors (Lipinski definition) is 4. The Balaban J connectivity index is 2.59. The highest BCUT2D eigenvalue weighted by Crippen LogP contribution is 2.37. The lowest BCUT2D eigenvalue weighted by atomic mass is 10.2. The number of rotatable bonds is 2. The fourth-order valence-corrected chi connectivity index (χ4v) is 2.39. The van der Waals surface area contributed by atoms with Crippen molar-refractivity contribution in [3.8, 4) is 16.3 Å². The molecular weight excluding hydrogens is 210 g/mol. The highest BCUT2D eigenvalue weighted by atomic mass is 32.1. The predicted molar refractivity (Wildman–Crippen MR) is 62.2 cm³/mol. The van der Waals surface area contributed by atoms with E-state index in [2.05, 4.69) is 5.10 Å². The van der Waals surface area contributed by atoms with E-state index >= 15 is 0 Å². The summed E-state index contributed by atoms with van der Waals surface area (Å²) in [5, 5.41) is 6.37. The second kappa shape index (κ2) is 3.58. The number of thiophene rings is 1. The van der Waals surface area contributed by atoms with Gasteiger partial charge in [0.1, 0.15) is 17.3 Å². The van der Waals surface area contributed by atoms with E-state index in [4.69, 9.17) is 10.5 Å². The van der Waals surface area contributed by atoms with Crippen LogP contribution >= 0.6 is 11.3 Å². The normalized spacial score (nSPS) is 10.6. The van der Waals surface area contributed by atoms with Crippen molar-refractivity contribution in [1.29, 1.82) is 0 Å². The van der Waals surface area contributed by atoms with Crippen LogP contribution in [0.3, 0.4) is 0 Å². The lowest BCUT2D eigenvalue weighted by Gasteiger charge is -1.99. The van der Waals surface area contributed by atoms with Gasteiger partial charge in [0.25, 0.3) is 0 Å². The van der Waals surface area contributed by atoms with Gasteiger partial charge in [-0.05, 0) is 18.4 Å². The smallest absolute Gasteiger partial charge is 0.139 e. The van der Waals surface area contributed by atoms with Crippen LogP contribution in [0.1, 0.15) is 5.56 Å². The summed E-state index contributed by atoms with van der Waals surface area (Å²) >= 11 is 1.61. The molecule has 0 atom stereocenters. The minimum atomic E-state index is 0.695. The summed E-state index contributed by atoms with van der Waals surface area (Å²) in [6.07, 6.45) is 0. The molecular formula is C10H13N3OS. The largest absolute Gasteiger partial charge is 0.495 e. The van der Waals surface area contributed by atoms with E-state index in [-0.39, 0.29) is 0 Å². The summed E-state index contributed by atoms with van der Waals surface area (Å²) < 4.78 is 6.95. The molecule has 0 fully saturated rings. The third-order valence-electron chi connectivity index (χ3n) is 2.40. The molecule has 0 aliphatic carbocycles. The fraction of sp³-hybridized carbons (Fsp3) is 0.300. The van der Waals surface area contributed by atoms with Crippen LogP contribution in [-0.4, -0.2) is 16.9 Å². The minimum absolute atomic E-state index is 0.695. The average molecular weight is 223 g/mol. The Morgan fingerprint density at radius 2 is 2.27 bits per heavy atom. The number of nitrogen functional groups attached to an aromatic ring is 1. The fourth-order valence-electron chi connectivity index (χ4n) is 1.49. The van der Waals surface area contributed by atoms with E-state index < -0.39 is 0 Å². The topological polar surface area (TPSA) is 53.1 Å². The number of aromatic nitrogens is 2. The molecule has 2 aromatic heterocycles. The number of nitrogens with zero attached hydrogens (tertiary/aromatic N) is 2. The number of aryl methyl sites for hydroxylation is 1. The van der Waals surface area contributed by atoms with Crippen molar-refractivity contribution in [2.45, 2.75) is 6.92 Å². The van der Waals surface area contributed by atoms with Crippen molar-refractivity contribution < 1.29 is 4.74 Å². The number of methoxy groups -OCH3 is 1. The molecule has 0 saturated heterocycles. The van der Waals surface area contributed by atoms with Gasteiger partial charge in [-0.2, -0.15) is 5.10 Å². The maximum absolute atomic E-state index is 5.86. The lowest BCUT2D eigenvalue weighted by Crippen LogP contribution is -1.97. The van der Waals surface area contributed by atoms with Crippen LogP contribution in [0.15, 0.2) is 11.4 Å². The van der Waals surface area contributed by atoms with E-state index in [1.165, 1.54) is 0 Å². The monoisotopic (exact) mass is 223 g/mol. The van der Waals surface area contributed by atoms with Gasteiger partial charge in [0.15, 0.2) is 0 Å². The Hall–Kier alpha value is -1.49.